The molecule has 0 aliphatic heterocycles. The molecule has 0 aliphatic rings. The summed E-state index contributed by atoms with van der Waals surface area (Å²) < 4.78 is 17.4. The van der Waals surface area contributed by atoms with Crippen molar-refractivity contribution in [1.82, 2.24) is 0 Å². The van der Waals surface area contributed by atoms with E-state index in [1.54, 1.807) is 7.11 Å². The number of carbonyl (C=O) groups is 1. The smallest absolute Gasteiger partial charge is 0.308 e. The fourth-order valence-electron chi connectivity index (χ4n) is 2.57. The lowest BCUT2D eigenvalue weighted by Crippen LogP contribution is -2.03. The maximum Gasteiger partial charge on any atom is 0.308 e. The molecule has 0 spiro atoms. The van der Waals surface area contributed by atoms with Gasteiger partial charge in [0.1, 0.15) is 17.1 Å². The second-order valence-electron chi connectivity index (χ2n) is 5.44. The minimum absolute atomic E-state index is 0.355. The molecule has 0 saturated heterocycles. The van der Waals surface area contributed by atoms with Gasteiger partial charge in [-0.1, -0.05) is 28.1 Å². The molecule has 3 aromatic rings. The maximum absolute atomic E-state index is 11.4. The molecule has 0 aliphatic carbocycles. The lowest BCUT2D eigenvalue weighted by Gasteiger charge is -2.04. The van der Waals surface area contributed by atoms with Gasteiger partial charge in [0.05, 0.1) is 12.5 Å². The Balaban J connectivity index is 1.87. The molecule has 0 bridgehead atoms. The average Bonchev–Trinajstić information content (AvgIpc) is 2.89. The van der Waals surface area contributed by atoms with Crippen molar-refractivity contribution in [2.24, 2.45) is 0 Å². The van der Waals surface area contributed by atoms with E-state index < -0.39 is 0 Å². The normalized spacial score (nSPS) is 10.8. The summed E-state index contributed by atoms with van der Waals surface area (Å²) in [5, 5.41) is 0.804. The van der Waals surface area contributed by atoms with E-state index in [-0.39, 0.29) is 5.97 Å². The summed E-state index contributed by atoms with van der Waals surface area (Å²) >= 11 is 3.43. The van der Waals surface area contributed by atoms with Gasteiger partial charge >= 0.3 is 5.97 Å². The molecule has 0 atom stereocenters. The highest BCUT2D eigenvalue weighted by Gasteiger charge is 2.17. The lowest BCUT2D eigenvalue weighted by molar-refractivity contribution is -0.131. The van der Waals surface area contributed by atoms with Gasteiger partial charge in [0.25, 0.3) is 0 Å². The molecule has 24 heavy (non-hydrogen) atoms. The quantitative estimate of drug-likeness (QED) is 0.582. The van der Waals surface area contributed by atoms with Crippen LogP contribution in [0.2, 0.25) is 0 Å². The van der Waals surface area contributed by atoms with Gasteiger partial charge in [0.2, 0.25) is 0 Å². The van der Waals surface area contributed by atoms with Crippen LogP contribution in [0.25, 0.3) is 11.0 Å². The third-order valence-electron chi connectivity index (χ3n) is 3.72. The maximum atomic E-state index is 11.4. The predicted octanol–water partition coefficient (Wildman–Crippen LogP) is 4.91. The summed E-state index contributed by atoms with van der Waals surface area (Å²) in [7, 11) is 1.65. The number of furan rings is 1. The number of carbonyl (C=O) groups excluding carboxylic acids is 1. The van der Waals surface area contributed by atoms with E-state index in [9.17, 15) is 4.79 Å². The van der Waals surface area contributed by atoms with Crippen LogP contribution in [0.3, 0.4) is 0 Å². The predicted molar refractivity (Wildman–Crippen MR) is 95.6 cm³/mol. The van der Waals surface area contributed by atoms with Crippen LogP contribution in [0, 0.1) is 0 Å². The molecule has 124 valence electrons. The summed E-state index contributed by atoms with van der Waals surface area (Å²) in [5.41, 5.74) is 1.86. The van der Waals surface area contributed by atoms with Gasteiger partial charge in [-0.05, 0) is 42.3 Å². The SMILES string of the molecule is COc1ccc(CCc2oc3cc(Br)ccc3c2OC(C)=O)cc1. The Kier molecular flexibility index (Phi) is 4.90. The Morgan fingerprint density at radius 3 is 2.54 bits per heavy atom. The molecule has 0 N–H and O–H groups in total. The van der Waals surface area contributed by atoms with Crippen LogP contribution in [0.4, 0.5) is 0 Å². The standard InChI is InChI=1S/C19H17BrO4/c1-12(21)23-19-16-9-6-14(20)11-18(16)24-17(19)10-5-13-3-7-15(22-2)8-4-13/h3-4,6-9,11H,5,10H2,1-2H3. The Labute approximate surface area is 148 Å². The van der Waals surface area contributed by atoms with E-state index in [4.69, 9.17) is 13.9 Å². The summed E-state index contributed by atoms with van der Waals surface area (Å²) in [6, 6.07) is 13.6. The number of hydrogen-bond acceptors (Lipinski definition) is 4. The third-order valence-corrected chi connectivity index (χ3v) is 4.21. The first-order valence-electron chi connectivity index (χ1n) is 7.59. The van der Waals surface area contributed by atoms with E-state index in [0.29, 0.717) is 23.5 Å². The Morgan fingerprint density at radius 2 is 1.88 bits per heavy atom. The second-order valence-corrected chi connectivity index (χ2v) is 6.35. The highest BCUT2D eigenvalue weighted by atomic mass is 79.9. The van der Waals surface area contributed by atoms with Crippen molar-refractivity contribution in [1.29, 1.82) is 0 Å². The van der Waals surface area contributed by atoms with Gasteiger partial charge in [0, 0.05) is 17.8 Å². The van der Waals surface area contributed by atoms with Crippen LogP contribution in [0.15, 0.2) is 51.4 Å². The van der Waals surface area contributed by atoms with Crippen LogP contribution in [-0.2, 0) is 17.6 Å². The van der Waals surface area contributed by atoms with Gasteiger partial charge in [-0.3, -0.25) is 4.79 Å². The number of benzene rings is 2. The molecule has 0 radical (unpaired) electrons. The Hall–Kier alpha value is -2.27. The number of halogens is 1. The number of esters is 1. The number of rotatable bonds is 5. The number of ether oxygens (including phenoxy) is 2. The molecule has 1 aromatic heterocycles. The number of fused-ring (bicyclic) bond motifs is 1. The minimum atomic E-state index is -0.355. The summed E-state index contributed by atoms with van der Waals surface area (Å²) in [6.07, 6.45) is 1.42. The third kappa shape index (κ3) is 3.62. The van der Waals surface area contributed by atoms with Crippen molar-refractivity contribution in [2.75, 3.05) is 7.11 Å². The Morgan fingerprint density at radius 1 is 1.12 bits per heavy atom. The van der Waals surface area contributed by atoms with Crippen molar-refractivity contribution in [3.63, 3.8) is 0 Å². The van der Waals surface area contributed by atoms with Gasteiger partial charge in [0.15, 0.2) is 5.75 Å². The first-order valence-corrected chi connectivity index (χ1v) is 8.38. The van der Waals surface area contributed by atoms with Gasteiger partial charge in [-0.15, -0.1) is 0 Å². The lowest BCUT2D eigenvalue weighted by atomic mass is 10.1. The van der Waals surface area contributed by atoms with Crippen molar-refractivity contribution >= 4 is 32.9 Å². The van der Waals surface area contributed by atoms with E-state index in [1.807, 2.05) is 42.5 Å². The van der Waals surface area contributed by atoms with E-state index >= 15 is 0 Å². The average molecular weight is 389 g/mol. The van der Waals surface area contributed by atoms with E-state index in [2.05, 4.69) is 15.9 Å². The van der Waals surface area contributed by atoms with Crippen LogP contribution in [0.5, 0.6) is 11.5 Å². The summed E-state index contributed by atoms with van der Waals surface area (Å²) in [5.74, 6) is 1.66. The van der Waals surface area contributed by atoms with Crippen molar-refractivity contribution in [3.8, 4) is 11.5 Å². The van der Waals surface area contributed by atoms with Gasteiger partial charge < -0.3 is 13.9 Å². The summed E-state index contributed by atoms with van der Waals surface area (Å²) in [6.45, 7) is 1.39. The van der Waals surface area contributed by atoms with E-state index in [1.165, 1.54) is 6.92 Å². The monoisotopic (exact) mass is 388 g/mol. The molecular weight excluding hydrogens is 372 g/mol. The zero-order chi connectivity index (χ0) is 17.1. The number of aryl methyl sites for hydroxylation is 2. The zero-order valence-corrected chi connectivity index (χ0v) is 15.1. The first kappa shape index (κ1) is 16.6. The molecular formula is C19H17BrO4. The second kappa shape index (κ2) is 7.09. The number of hydrogen-bond donors (Lipinski definition) is 0. The van der Waals surface area contributed by atoms with E-state index in [0.717, 1.165) is 27.6 Å². The highest BCUT2D eigenvalue weighted by molar-refractivity contribution is 9.10. The van der Waals surface area contributed by atoms with Crippen LogP contribution in [0.1, 0.15) is 18.2 Å². The molecule has 2 aromatic carbocycles. The fraction of sp³-hybridized carbons (Fsp3) is 0.211. The first-order chi connectivity index (χ1) is 11.6. The zero-order valence-electron chi connectivity index (χ0n) is 13.5. The topological polar surface area (TPSA) is 48.7 Å². The molecule has 1 heterocycles. The molecule has 0 saturated carbocycles. The van der Waals surface area contributed by atoms with Crippen molar-refractivity contribution in [2.45, 2.75) is 19.8 Å². The fourth-order valence-corrected chi connectivity index (χ4v) is 2.91. The number of methoxy groups -OCH3 is 1. The largest absolute Gasteiger partial charge is 0.497 e. The molecule has 0 unspecified atom stereocenters. The van der Waals surface area contributed by atoms with Crippen molar-refractivity contribution in [3.05, 3.63) is 58.3 Å². The van der Waals surface area contributed by atoms with Gasteiger partial charge in [-0.2, -0.15) is 0 Å². The van der Waals surface area contributed by atoms with Gasteiger partial charge in [-0.25, -0.2) is 0 Å². The Bertz CT molecular complexity index is 865. The molecule has 0 fully saturated rings. The molecule has 5 heteroatoms. The summed E-state index contributed by atoms with van der Waals surface area (Å²) in [4.78, 5) is 11.4. The van der Waals surface area contributed by atoms with Crippen LogP contribution >= 0.6 is 15.9 Å². The van der Waals surface area contributed by atoms with Crippen LogP contribution < -0.4 is 9.47 Å². The molecule has 3 rings (SSSR count). The molecule has 0 amide bonds. The molecule has 4 nitrogen and oxygen atoms in total. The van der Waals surface area contributed by atoms with Crippen LogP contribution in [-0.4, -0.2) is 13.1 Å². The highest BCUT2D eigenvalue weighted by Crippen LogP contribution is 2.35. The minimum Gasteiger partial charge on any atom is -0.497 e. The van der Waals surface area contributed by atoms with Crippen molar-refractivity contribution < 1.29 is 18.7 Å².